The third-order valence-electron chi connectivity index (χ3n) is 6.12. The molecule has 1 saturated heterocycles. The van der Waals surface area contributed by atoms with Crippen molar-refractivity contribution in [2.45, 2.75) is 38.6 Å². The summed E-state index contributed by atoms with van der Waals surface area (Å²) in [5.74, 6) is -0.0596. The molecule has 32 heavy (non-hydrogen) atoms. The molecule has 0 bridgehead atoms. The Kier molecular flexibility index (Phi) is 6.32. The first kappa shape index (κ1) is 22.1. The summed E-state index contributed by atoms with van der Waals surface area (Å²) >= 11 is 0. The number of aromatic nitrogens is 4. The monoisotopic (exact) mass is 436 g/mol. The lowest BCUT2D eigenvalue weighted by Gasteiger charge is -2.35. The highest BCUT2D eigenvalue weighted by molar-refractivity contribution is 5.95. The molecule has 1 amide bonds. The van der Waals surface area contributed by atoms with Crippen LogP contribution in [0.15, 0.2) is 42.7 Å². The second-order valence-corrected chi connectivity index (χ2v) is 8.68. The van der Waals surface area contributed by atoms with Crippen LogP contribution in [0.5, 0.6) is 0 Å². The van der Waals surface area contributed by atoms with Gasteiger partial charge in [0.15, 0.2) is 0 Å². The Morgan fingerprint density at radius 1 is 1.19 bits per heavy atom. The van der Waals surface area contributed by atoms with Crippen LogP contribution in [-0.2, 0) is 0 Å². The number of benzene rings is 1. The summed E-state index contributed by atoms with van der Waals surface area (Å²) in [6.45, 7) is 5.99. The van der Waals surface area contributed by atoms with E-state index in [0.717, 1.165) is 31.6 Å². The SMILES string of the molecule is CC(C)c1c(C(=O)N(C)C2CCN(C)CC2)cnn1-c1nccc(-c2ccccc2F)n1. The van der Waals surface area contributed by atoms with Crippen molar-refractivity contribution in [3.63, 3.8) is 0 Å². The molecule has 0 spiro atoms. The zero-order valence-electron chi connectivity index (χ0n) is 19.0. The van der Waals surface area contributed by atoms with Gasteiger partial charge in [-0.15, -0.1) is 0 Å². The van der Waals surface area contributed by atoms with Crippen molar-refractivity contribution >= 4 is 5.91 Å². The Bertz CT molecular complexity index is 1100. The maximum absolute atomic E-state index is 14.3. The van der Waals surface area contributed by atoms with Gasteiger partial charge in [0.05, 0.1) is 23.1 Å². The largest absolute Gasteiger partial charge is 0.339 e. The molecule has 0 unspecified atom stereocenters. The van der Waals surface area contributed by atoms with Gasteiger partial charge in [0, 0.05) is 24.8 Å². The van der Waals surface area contributed by atoms with Crippen LogP contribution < -0.4 is 0 Å². The van der Waals surface area contributed by atoms with Crippen LogP contribution in [0.2, 0.25) is 0 Å². The van der Waals surface area contributed by atoms with Crippen molar-refractivity contribution in [1.82, 2.24) is 29.5 Å². The minimum absolute atomic E-state index is 0.0167. The highest BCUT2D eigenvalue weighted by Crippen LogP contribution is 2.26. The van der Waals surface area contributed by atoms with Gasteiger partial charge >= 0.3 is 0 Å². The molecule has 8 heteroatoms. The van der Waals surface area contributed by atoms with Crippen LogP contribution in [-0.4, -0.2) is 68.7 Å². The first-order valence-corrected chi connectivity index (χ1v) is 11.0. The van der Waals surface area contributed by atoms with E-state index >= 15 is 0 Å². The Labute approximate surface area is 187 Å². The Morgan fingerprint density at radius 3 is 2.59 bits per heavy atom. The molecule has 1 aromatic carbocycles. The van der Waals surface area contributed by atoms with Crippen LogP contribution in [0.25, 0.3) is 17.2 Å². The third-order valence-corrected chi connectivity index (χ3v) is 6.12. The summed E-state index contributed by atoms with van der Waals surface area (Å²) in [5, 5.41) is 4.47. The molecular formula is C24H29FN6O. The van der Waals surface area contributed by atoms with E-state index in [-0.39, 0.29) is 23.7 Å². The molecule has 4 rings (SSSR count). The molecule has 1 aliphatic rings. The van der Waals surface area contributed by atoms with E-state index in [4.69, 9.17) is 0 Å². The number of amides is 1. The normalized spacial score (nSPS) is 15.3. The van der Waals surface area contributed by atoms with Gasteiger partial charge in [-0.05, 0) is 57.1 Å². The van der Waals surface area contributed by atoms with E-state index < -0.39 is 0 Å². The predicted octanol–water partition coefficient (Wildman–Crippen LogP) is 3.76. The molecule has 2 aromatic heterocycles. The third kappa shape index (κ3) is 4.27. The first-order chi connectivity index (χ1) is 15.4. The van der Waals surface area contributed by atoms with Gasteiger partial charge in [-0.1, -0.05) is 26.0 Å². The van der Waals surface area contributed by atoms with Crippen molar-refractivity contribution in [2.24, 2.45) is 0 Å². The second kappa shape index (κ2) is 9.16. The second-order valence-electron chi connectivity index (χ2n) is 8.68. The fraction of sp³-hybridized carbons (Fsp3) is 0.417. The van der Waals surface area contributed by atoms with E-state index in [0.29, 0.717) is 22.8 Å². The van der Waals surface area contributed by atoms with Crippen LogP contribution in [0.1, 0.15) is 48.7 Å². The standard InChI is InChI=1S/C24H29FN6O/c1-16(2)22-19(23(32)30(4)17-10-13-29(3)14-11-17)15-27-31(22)24-26-12-9-21(28-24)18-7-5-6-8-20(18)25/h5-9,12,15-17H,10-11,13-14H2,1-4H3. The number of hydrogen-bond donors (Lipinski definition) is 0. The lowest BCUT2D eigenvalue weighted by atomic mass is 10.0. The molecule has 168 valence electrons. The lowest BCUT2D eigenvalue weighted by Crippen LogP contribution is -2.44. The Morgan fingerprint density at radius 2 is 1.91 bits per heavy atom. The van der Waals surface area contributed by atoms with E-state index in [9.17, 15) is 9.18 Å². The van der Waals surface area contributed by atoms with E-state index in [2.05, 4.69) is 27.0 Å². The highest BCUT2D eigenvalue weighted by Gasteiger charge is 2.29. The van der Waals surface area contributed by atoms with Crippen LogP contribution in [0, 0.1) is 5.82 Å². The number of rotatable bonds is 5. The Balaban J connectivity index is 1.68. The molecule has 0 radical (unpaired) electrons. The van der Waals surface area contributed by atoms with Gasteiger partial charge in [0.2, 0.25) is 0 Å². The summed E-state index contributed by atoms with van der Waals surface area (Å²) in [6, 6.07) is 8.37. The van der Waals surface area contributed by atoms with Gasteiger partial charge in [0.1, 0.15) is 5.82 Å². The van der Waals surface area contributed by atoms with Gasteiger partial charge in [-0.2, -0.15) is 5.10 Å². The zero-order valence-corrected chi connectivity index (χ0v) is 19.0. The fourth-order valence-electron chi connectivity index (χ4n) is 4.25. The molecule has 1 aliphatic heterocycles. The predicted molar refractivity (Wildman–Crippen MR) is 121 cm³/mol. The van der Waals surface area contributed by atoms with E-state index in [1.54, 1.807) is 41.3 Å². The summed E-state index contributed by atoms with van der Waals surface area (Å²) in [4.78, 5) is 26.4. The summed E-state index contributed by atoms with van der Waals surface area (Å²) in [6.07, 6.45) is 5.10. The zero-order chi connectivity index (χ0) is 22.8. The average molecular weight is 437 g/mol. The number of likely N-dealkylation sites (tertiary alicyclic amines) is 1. The van der Waals surface area contributed by atoms with Crippen molar-refractivity contribution in [2.75, 3.05) is 27.2 Å². The Hall–Kier alpha value is -3.13. The topological polar surface area (TPSA) is 67.2 Å². The number of nitrogens with zero attached hydrogens (tertiary/aromatic N) is 6. The number of carbonyl (C=O) groups excluding carboxylic acids is 1. The van der Waals surface area contributed by atoms with Crippen molar-refractivity contribution in [3.05, 3.63) is 59.8 Å². The lowest BCUT2D eigenvalue weighted by molar-refractivity contribution is 0.0658. The van der Waals surface area contributed by atoms with Crippen LogP contribution in [0.3, 0.4) is 0 Å². The maximum atomic E-state index is 14.3. The van der Waals surface area contributed by atoms with Crippen molar-refractivity contribution in [3.8, 4) is 17.2 Å². The number of carbonyl (C=O) groups is 1. The van der Waals surface area contributed by atoms with Gasteiger partial charge in [-0.25, -0.2) is 19.0 Å². The molecule has 3 aromatic rings. The van der Waals surface area contributed by atoms with E-state index in [1.807, 2.05) is 25.8 Å². The smallest absolute Gasteiger partial charge is 0.257 e. The molecule has 3 heterocycles. The van der Waals surface area contributed by atoms with Gasteiger partial charge in [0.25, 0.3) is 11.9 Å². The molecule has 0 N–H and O–H groups in total. The van der Waals surface area contributed by atoms with Gasteiger partial charge < -0.3 is 9.80 Å². The maximum Gasteiger partial charge on any atom is 0.257 e. The number of halogens is 1. The quantitative estimate of drug-likeness (QED) is 0.609. The summed E-state index contributed by atoms with van der Waals surface area (Å²) < 4.78 is 15.9. The highest BCUT2D eigenvalue weighted by atomic mass is 19.1. The minimum Gasteiger partial charge on any atom is -0.339 e. The molecule has 0 atom stereocenters. The molecule has 0 saturated carbocycles. The van der Waals surface area contributed by atoms with Crippen molar-refractivity contribution < 1.29 is 9.18 Å². The summed E-state index contributed by atoms with van der Waals surface area (Å²) in [5.41, 5.74) is 2.17. The summed E-state index contributed by atoms with van der Waals surface area (Å²) in [7, 11) is 3.98. The number of hydrogen-bond acceptors (Lipinski definition) is 5. The minimum atomic E-state index is -0.350. The molecular weight excluding hydrogens is 407 g/mol. The van der Waals surface area contributed by atoms with Gasteiger partial charge in [-0.3, -0.25) is 4.79 Å². The average Bonchev–Trinajstić information content (AvgIpc) is 3.25. The fourth-order valence-corrected chi connectivity index (χ4v) is 4.25. The molecule has 7 nitrogen and oxygen atoms in total. The first-order valence-electron chi connectivity index (χ1n) is 11.0. The van der Waals surface area contributed by atoms with E-state index in [1.165, 1.54) is 6.07 Å². The molecule has 0 aliphatic carbocycles. The molecule has 1 fully saturated rings. The van der Waals surface area contributed by atoms with Crippen molar-refractivity contribution in [1.29, 1.82) is 0 Å². The number of piperidine rings is 1. The van der Waals surface area contributed by atoms with Crippen LogP contribution in [0.4, 0.5) is 4.39 Å². The van der Waals surface area contributed by atoms with Crippen LogP contribution >= 0.6 is 0 Å².